The van der Waals surface area contributed by atoms with Crippen molar-refractivity contribution >= 4 is 17.0 Å². The Labute approximate surface area is 81.5 Å². The molecule has 1 aliphatic carbocycles. The highest BCUT2D eigenvalue weighted by Crippen LogP contribution is 2.25. The largest absolute Gasteiger partial charge is 0.508 e. The van der Waals surface area contributed by atoms with E-state index in [0.29, 0.717) is 5.75 Å². The minimum atomic E-state index is 0.293. The quantitative estimate of drug-likeness (QED) is 0.680. The Bertz CT molecular complexity index is 543. The number of phenols is 1. The van der Waals surface area contributed by atoms with Crippen molar-refractivity contribution in [1.82, 2.24) is 4.98 Å². The molecule has 1 aromatic heterocycles. The maximum absolute atomic E-state index is 9.33. The number of fused-ring (bicyclic) bond motifs is 2. The summed E-state index contributed by atoms with van der Waals surface area (Å²) in [5.41, 5.74) is 3.25. The number of rotatable bonds is 0. The third kappa shape index (κ3) is 1.01. The predicted octanol–water partition coefficient (Wildman–Crippen LogP) is 2.51. The molecule has 1 aromatic carbocycles. The van der Waals surface area contributed by atoms with E-state index < -0.39 is 0 Å². The zero-order chi connectivity index (χ0) is 9.54. The maximum atomic E-state index is 9.33. The lowest BCUT2D eigenvalue weighted by Gasteiger charge is -2.02. The monoisotopic (exact) mass is 183 g/mol. The number of phenolic OH excluding ortho intramolecular Hbond substituents is 1. The van der Waals surface area contributed by atoms with Gasteiger partial charge in [0, 0.05) is 11.8 Å². The fourth-order valence-corrected chi connectivity index (χ4v) is 1.83. The van der Waals surface area contributed by atoms with Crippen LogP contribution in [0.5, 0.6) is 5.75 Å². The number of aromatic hydroxyl groups is 1. The van der Waals surface area contributed by atoms with Crippen LogP contribution in [0.1, 0.15) is 11.3 Å². The molecule has 0 bridgehead atoms. The van der Waals surface area contributed by atoms with Crippen LogP contribution in [0, 0.1) is 0 Å². The van der Waals surface area contributed by atoms with Crippen LogP contribution < -0.4 is 0 Å². The Balaban J connectivity index is 2.37. The first-order chi connectivity index (χ1) is 6.83. The third-order valence-electron chi connectivity index (χ3n) is 2.52. The van der Waals surface area contributed by atoms with E-state index in [1.807, 2.05) is 6.07 Å². The average Bonchev–Trinajstić information content (AvgIpc) is 2.61. The Morgan fingerprint density at radius 3 is 3.07 bits per heavy atom. The van der Waals surface area contributed by atoms with E-state index in [0.717, 1.165) is 23.0 Å². The number of benzene rings is 1. The highest BCUT2D eigenvalue weighted by Gasteiger charge is 2.08. The van der Waals surface area contributed by atoms with Gasteiger partial charge in [-0.15, -0.1) is 0 Å². The molecule has 2 aromatic rings. The molecule has 0 fully saturated rings. The first-order valence-electron chi connectivity index (χ1n) is 4.62. The van der Waals surface area contributed by atoms with Crippen LogP contribution in [-0.4, -0.2) is 10.1 Å². The van der Waals surface area contributed by atoms with Crippen molar-refractivity contribution in [1.29, 1.82) is 0 Å². The van der Waals surface area contributed by atoms with Gasteiger partial charge in [0.2, 0.25) is 0 Å². The van der Waals surface area contributed by atoms with E-state index in [2.05, 4.69) is 23.2 Å². The van der Waals surface area contributed by atoms with Gasteiger partial charge in [0.05, 0.1) is 11.2 Å². The highest BCUT2D eigenvalue weighted by atomic mass is 16.3. The molecule has 0 unspecified atom stereocenters. The van der Waals surface area contributed by atoms with Gasteiger partial charge in [0.1, 0.15) is 5.75 Å². The van der Waals surface area contributed by atoms with Gasteiger partial charge in [0.15, 0.2) is 0 Å². The maximum Gasteiger partial charge on any atom is 0.116 e. The Morgan fingerprint density at radius 1 is 1.21 bits per heavy atom. The molecule has 1 N–H and O–H groups in total. The van der Waals surface area contributed by atoms with E-state index in [9.17, 15) is 5.11 Å². The zero-order valence-corrected chi connectivity index (χ0v) is 7.57. The molecule has 0 aliphatic heterocycles. The van der Waals surface area contributed by atoms with E-state index in [1.54, 1.807) is 12.1 Å². The summed E-state index contributed by atoms with van der Waals surface area (Å²) in [7, 11) is 0. The van der Waals surface area contributed by atoms with Gasteiger partial charge in [-0.25, -0.2) is 0 Å². The molecule has 2 heteroatoms. The molecule has 0 radical (unpaired) electrons. The van der Waals surface area contributed by atoms with E-state index in [4.69, 9.17) is 0 Å². The average molecular weight is 183 g/mol. The lowest BCUT2D eigenvalue weighted by molar-refractivity contribution is 0.476. The second kappa shape index (κ2) is 2.58. The number of nitrogens with zero attached hydrogens (tertiary/aromatic N) is 1. The van der Waals surface area contributed by atoms with Crippen molar-refractivity contribution in [2.24, 2.45) is 0 Å². The summed E-state index contributed by atoms with van der Waals surface area (Å²) in [5, 5.41) is 10.3. The molecular weight excluding hydrogens is 174 g/mol. The summed E-state index contributed by atoms with van der Waals surface area (Å²) in [6.07, 6.45) is 5.11. The van der Waals surface area contributed by atoms with Gasteiger partial charge >= 0.3 is 0 Å². The molecule has 68 valence electrons. The fraction of sp³-hybridized carbons (Fsp3) is 0.0833. The molecule has 3 rings (SSSR count). The lowest BCUT2D eigenvalue weighted by Crippen LogP contribution is -1.88. The predicted molar refractivity (Wildman–Crippen MR) is 56.1 cm³/mol. The van der Waals surface area contributed by atoms with Gasteiger partial charge in [-0.05, 0) is 29.8 Å². The van der Waals surface area contributed by atoms with Gasteiger partial charge in [-0.1, -0.05) is 12.2 Å². The first kappa shape index (κ1) is 7.56. The Hall–Kier alpha value is -1.83. The molecule has 1 aliphatic rings. The van der Waals surface area contributed by atoms with Crippen molar-refractivity contribution in [2.45, 2.75) is 6.42 Å². The topological polar surface area (TPSA) is 33.1 Å². The Morgan fingerprint density at radius 2 is 2.14 bits per heavy atom. The van der Waals surface area contributed by atoms with Gasteiger partial charge in [0.25, 0.3) is 0 Å². The van der Waals surface area contributed by atoms with E-state index in [-0.39, 0.29) is 0 Å². The number of allylic oxidation sites excluding steroid dienone is 1. The molecule has 0 atom stereocenters. The van der Waals surface area contributed by atoms with Crippen LogP contribution >= 0.6 is 0 Å². The van der Waals surface area contributed by atoms with Crippen molar-refractivity contribution in [3.05, 3.63) is 41.6 Å². The van der Waals surface area contributed by atoms with Gasteiger partial charge in [-0.3, -0.25) is 4.98 Å². The lowest BCUT2D eigenvalue weighted by atomic mass is 10.1. The van der Waals surface area contributed by atoms with Crippen molar-refractivity contribution in [2.75, 3.05) is 0 Å². The summed E-state index contributed by atoms with van der Waals surface area (Å²) < 4.78 is 0. The molecule has 0 spiro atoms. The van der Waals surface area contributed by atoms with Crippen LogP contribution in [0.4, 0.5) is 0 Å². The summed E-state index contributed by atoms with van der Waals surface area (Å²) >= 11 is 0. The molecule has 0 saturated carbocycles. The second-order valence-corrected chi connectivity index (χ2v) is 3.51. The number of hydrogen-bond acceptors (Lipinski definition) is 2. The number of hydrogen-bond donors (Lipinski definition) is 1. The SMILES string of the molecule is Oc1ccc2nc3c(cc2c1)C=CC3. The van der Waals surface area contributed by atoms with E-state index in [1.165, 1.54) is 5.56 Å². The normalized spacial score (nSPS) is 13.4. The summed E-state index contributed by atoms with van der Waals surface area (Å²) in [6, 6.07) is 7.34. The van der Waals surface area contributed by atoms with Crippen LogP contribution in [0.2, 0.25) is 0 Å². The summed E-state index contributed by atoms with van der Waals surface area (Å²) in [4.78, 5) is 4.52. The highest BCUT2D eigenvalue weighted by molar-refractivity contribution is 5.83. The fourth-order valence-electron chi connectivity index (χ4n) is 1.83. The first-order valence-corrected chi connectivity index (χ1v) is 4.62. The number of aromatic nitrogens is 1. The molecule has 0 amide bonds. The minimum absolute atomic E-state index is 0.293. The molecule has 1 heterocycles. The minimum Gasteiger partial charge on any atom is -0.508 e. The molecule has 14 heavy (non-hydrogen) atoms. The summed E-state index contributed by atoms with van der Waals surface area (Å²) in [5.74, 6) is 0.293. The third-order valence-corrected chi connectivity index (χ3v) is 2.52. The van der Waals surface area contributed by atoms with Crippen LogP contribution in [0.15, 0.2) is 30.3 Å². The standard InChI is InChI=1S/C12H9NO/c14-10-4-5-12-9(7-10)6-8-2-1-3-11(8)13-12/h1-2,4-7,14H,3H2. The second-order valence-electron chi connectivity index (χ2n) is 3.51. The van der Waals surface area contributed by atoms with E-state index >= 15 is 0 Å². The zero-order valence-electron chi connectivity index (χ0n) is 7.57. The van der Waals surface area contributed by atoms with Crippen molar-refractivity contribution < 1.29 is 5.11 Å². The van der Waals surface area contributed by atoms with Gasteiger partial charge in [-0.2, -0.15) is 0 Å². The smallest absolute Gasteiger partial charge is 0.116 e. The van der Waals surface area contributed by atoms with Crippen LogP contribution in [0.3, 0.4) is 0 Å². The molecular formula is C12H9NO. The van der Waals surface area contributed by atoms with Crippen LogP contribution in [0.25, 0.3) is 17.0 Å². The molecule has 0 saturated heterocycles. The number of pyridine rings is 1. The summed E-state index contributed by atoms with van der Waals surface area (Å²) in [6.45, 7) is 0. The van der Waals surface area contributed by atoms with Crippen molar-refractivity contribution in [3.8, 4) is 5.75 Å². The van der Waals surface area contributed by atoms with Crippen LogP contribution in [-0.2, 0) is 6.42 Å². The Kier molecular flexibility index (Phi) is 1.39. The molecule has 2 nitrogen and oxygen atoms in total. The van der Waals surface area contributed by atoms with Crippen molar-refractivity contribution in [3.63, 3.8) is 0 Å². The van der Waals surface area contributed by atoms with Gasteiger partial charge < -0.3 is 5.11 Å².